The van der Waals surface area contributed by atoms with Crippen molar-refractivity contribution in [1.29, 1.82) is 0 Å². The predicted molar refractivity (Wildman–Crippen MR) is 70.1 cm³/mol. The third-order valence-electron chi connectivity index (χ3n) is 2.44. The maximum atomic E-state index is 12.2. The minimum absolute atomic E-state index is 0.0975. The lowest BCUT2D eigenvalue weighted by molar-refractivity contribution is -0.0328. The Morgan fingerprint density at radius 3 is 2.30 bits per heavy atom. The molecule has 0 fully saturated rings. The lowest BCUT2D eigenvalue weighted by Crippen LogP contribution is -2.11. The molecule has 0 saturated heterocycles. The highest BCUT2D eigenvalue weighted by Gasteiger charge is 2.28. The molecule has 1 amide bonds. The van der Waals surface area contributed by atoms with Crippen LogP contribution in [0.15, 0.2) is 47.6 Å². The Morgan fingerprint density at radius 1 is 1.10 bits per heavy atom. The summed E-state index contributed by atoms with van der Waals surface area (Å²) in [6, 6.07) is 7.35. The van der Waals surface area contributed by atoms with Crippen molar-refractivity contribution in [2.75, 3.05) is 0 Å². The molecular weight excluding hydrogens is 289 g/mol. The zero-order valence-electron chi connectivity index (χ0n) is 10.0. The number of nitrogens with zero attached hydrogens (tertiary/aromatic N) is 1. The minimum atomic E-state index is -4.31. The van der Waals surface area contributed by atoms with Gasteiger partial charge in [0.05, 0.1) is 5.56 Å². The van der Waals surface area contributed by atoms with Crippen molar-refractivity contribution >= 4 is 17.7 Å². The molecule has 104 valence electrons. The van der Waals surface area contributed by atoms with Gasteiger partial charge in [0.2, 0.25) is 5.91 Å². The Bertz CT molecular complexity index is 626. The van der Waals surface area contributed by atoms with E-state index in [0.717, 1.165) is 0 Å². The largest absolute Gasteiger partial charge is 0.446 e. The number of amides is 1. The van der Waals surface area contributed by atoms with Gasteiger partial charge in [-0.3, -0.25) is 9.78 Å². The third kappa shape index (κ3) is 3.74. The molecule has 0 atom stereocenters. The number of carbonyl (C=O) groups excluding carboxylic acids is 1. The Labute approximate surface area is 117 Å². The topological polar surface area (TPSA) is 56.0 Å². The van der Waals surface area contributed by atoms with E-state index in [0.29, 0.717) is 11.1 Å². The number of hydrogen-bond donors (Lipinski definition) is 1. The number of aromatic nitrogens is 1. The summed E-state index contributed by atoms with van der Waals surface area (Å²) in [7, 11) is 0. The van der Waals surface area contributed by atoms with Gasteiger partial charge in [-0.2, -0.15) is 13.2 Å². The number of rotatable bonds is 3. The average Bonchev–Trinajstić information content (AvgIpc) is 2.38. The van der Waals surface area contributed by atoms with Crippen molar-refractivity contribution in [3.05, 3.63) is 48.3 Å². The van der Waals surface area contributed by atoms with Crippen LogP contribution in [0.4, 0.5) is 13.2 Å². The fourth-order valence-corrected chi connectivity index (χ4v) is 2.12. The molecule has 0 saturated carbocycles. The van der Waals surface area contributed by atoms with Crippen LogP contribution in [0.25, 0.3) is 11.1 Å². The van der Waals surface area contributed by atoms with Crippen molar-refractivity contribution in [3.8, 4) is 11.1 Å². The lowest BCUT2D eigenvalue weighted by atomic mass is 10.1. The summed E-state index contributed by atoms with van der Waals surface area (Å²) in [5.41, 5.74) is 2.36. The number of halogens is 3. The predicted octanol–water partition coefficient (Wildman–Crippen LogP) is 3.46. The first-order valence-electron chi connectivity index (χ1n) is 5.46. The molecule has 2 rings (SSSR count). The van der Waals surface area contributed by atoms with Gasteiger partial charge in [-0.1, -0.05) is 12.1 Å². The zero-order valence-corrected chi connectivity index (χ0v) is 10.8. The van der Waals surface area contributed by atoms with Gasteiger partial charge in [-0.05, 0) is 35.5 Å². The van der Waals surface area contributed by atoms with Crippen LogP contribution >= 0.6 is 11.8 Å². The monoisotopic (exact) mass is 298 g/mol. The zero-order chi connectivity index (χ0) is 14.8. The van der Waals surface area contributed by atoms with E-state index in [1.807, 2.05) is 0 Å². The number of primary amides is 1. The Kier molecular flexibility index (Phi) is 3.99. The second kappa shape index (κ2) is 5.54. The highest BCUT2D eigenvalue weighted by atomic mass is 32.2. The molecule has 1 heterocycles. The van der Waals surface area contributed by atoms with Gasteiger partial charge in [0.15, 0.2) is 0 Å². The van der Waals surface area contributed by atoms with Crippen molar-refractivity contribution in [2.45, 2.75) is 10.4 Å². The number of thioether (sulfide) groups is 1. The van der Waals surface area contributed by atoms with Crippen LogP contribution in [-0.2, 0) is 0 Å². The van der Waals surface area contributed by atoms with Crippen LogP contribution in [-0.4, -0.2) is 16.4 Å². The summed E-state index contributed by atoms with van der Waals surface area (Å²) >= 11 is -0.177. The first-order valence-corrected chi connectivity index (χ1v) is 6.28. The molecule has 0 bridgehead atoms. The Balaban J connectivity index is 2.26. The summed E-state index contributed by atoms with van der Waals surface area (Å²) in [6.07, 6.45) is 2.85. The molecular formula is C13H9F3N2OS. The number of alkyl halides is 3. The molecule has 2 aromatic rings. The van der Waals surface area contributed by atoms with Crippen molar-refractivity contribution in [3.63, 3.8) is 0 Å². The van der Waals surface area contributed by atoms with Crippen LogP contribution in [0.1, 0.15) is 10.4 Å². The van der Waals surface area contributed by atoms with Gasteiger partial charge in [-0.15, -0.1) is 0 Å². The first-order chi connectivity index (χ1) is 9.35. The quantitative estimate of drug-likeness (QED) is 0.883. The number of nitrogens with two attached hydrogens (primary N) is 1. The average molecular weight is 298 g/mol. The smallest absolute Gasteiger partial charge is 0.366 e. The Morgan fingerprint density at radius 2 is 1.75 bits per heavy atom. The summed E-state index contributed by atoms with van der Waals surface area (Å²) in [4.78, 5) is 15.0. The van der Waals surface area contributed by atoms with Crippen LogP contribution in [0, 0.1) is 0 Å². The lowest BCUT2D eigenvalue weighted by Gasteiger charge is -2.07. The fourth-order valence-electron chi connectivity index (χ4n) is 1.58. The molecule has 20 heavy (non-hydrogen) atoms. The standard InChI is InChI=1S/C13H9F3N2OS/c14-13(15,16)20-11-3-1-8(2-4-11)9-5-10(12(17)19)7-18-6-9/h1-7H,(H2,17,19). The summed E-state index contributed by atoms with van der Waals surface area (Å²) < 4.78 is 36.6. The van der Waals surface area contributed by atoms with E-state index in [1.54, 1.807) is 6.07 Å². The molecule has 3 nitrogen and oxygen atoms in total. The summed E-state index contributed by atoms with van der Waals surface area (Å²) in [5.74, 6) is -0.608. The van der Waals surface area contributed by atoms with Crippen LogP contribution in [0.2, 0.25) is 0 Å². The minimum Gasteiger partial charge on any atom is -0.366 e. The van der Waals surface area contributed by atoms with E-state index >= 15 is 0 Å². The van der Waals surface area contributed by atoms with E-state index in [9.17, 15) is 18.0 Å². The van der Waals surface area contributed by atoms with Gasteiger partial charge < -0.3 is 5.73 Å². The van der Waals surface area contributed by atoms with E-state index in [4.69, 9.17) is 5.73 Å². The number of benzene rings is 1. The number of hydrogen-bond acceptors (Lipinski definition) is 3. The van der Waals surface area contributed by atoms with Crippen LogP contribution < -0.4 is 5.73 Å². The maximum absolute atomic E-state index is 12.2. The van der Waals surface area contributed by atoms with Crippen molar-refractivity contribution < 1.29 is 18.0 Å². The van der Waals surface area contributed by atoms with E-state index in [1.165, 1.54) is 36.7 Å². The molecule has 1 aromatic heterocycles. The SMILES string of the molecule is NC(=O)c1cncc(-c2ccc(SC(F)(F)F)cc2)c1. The first kappa shape index (κ1) is 14.4. The molecule has 0 spiro atoms. The molecule has 1 aromatic carbocycles. The molecule has 0 aliphatic rings. The van der Waals surface area contributed by atoms with Gasteiger partial charge in [0.1, 0.15) is 0 Å². The molecule has 0 aliphatic heterocycles. The molecule has 0 radical (unpaired) electrons. The van der Waals surface area contributed by atoms with Crippen molar-refractivity contribution in [1.82, 2.24) is 4.98 Å². The van der Waals surface area contributed by atoms with E-state index in [-0.39, 0.29) is 22.2 Å². The number of carbonyl (C=O) groups is 1. The number of pyridine rings is 1. The third-order valence-corrected chi connectivity index (χ3v) is 3.18. The summed E-state index contributed by atoms with van der Waals surface area (Å²) in [5, 5.41) is 0. The van der Waals surface area contributed by atoms with Gasteiger partial charge in [-0.25, -0.2) is 0 Å². The van der Waals surface area contributed by atoms with Gasteiger partial charge >= 0.3 is 5.51 Å². The summed E-state index contributed by atoms with van der Waals surface area (Å²) in [6.45, 7) is 0. The van der Waals surface area contributed by atoms with E-state index < -0.39 is 11.4 Å². The second-order valence-electron chi connectivity index (χ2n) is 3.90. The highest BCUT2D eigenvalue weighted by Crippen LogP contribution is 2.37. The molecule has 7 heteroatoms. The molecule has 0 aliphatic carbocycles. The normalized spacial score (nSPS) is 11.3. The van der Waals surface area contributed by atoms with E-state index in [2.05, 4.69) is 4.98 Å². The second-order valence-corrected chi connectivity index (χ2v) is 5.04. The fraction of sp³-hybridized carbons (Fsp3) is 0.0769. The maximum Gasteiger partial charge on any atom is 0.446 e. The highest BCUT2D eigenvalue weighted by molar-refractivity contribution is 8.00. The van der Waals surface area contributed by atoms with Gasteiger partial charge in [0.25, 0.3) is 0 Å². The van der Waals surface area contributed by atoms with Crippen LogP contribution in [0.5, 0.6) is 0 Å². The van der Waals surface area contributed by atoms with Crippen molar-refractivity contribution in [2.24, 2.45) is 5.73 Å². The molecule has 2 N–H and O–H groups in total. The Hall–Kier alpha value is -2.02. The van der Waals surface area contributed by atoms with Gasteiger partial charge in [0, 0.05) is 22.9 Å². The molecule has 0 unspecified atom stereocenters. The van der Waals surface area contributed by atoms with Crippen LogP contribution in [0.3, 0.4) is 0 Å².